The van der Waals surface area contributed by atoms with Gasteiger partial charge in [0.05, 0.1) is 18.6 Å². The van der Waals surface area contributed by atoms with Gasteiger partial charge >= 0.3 is 0 Å². The van der Waals surface area contributed by atoms with Gasteiger partial charge in [0.2, 0.25) is 0 Å². The highest BCUT2D eigenvalue weighted by atomic mass is 127. The molecule has 0 spiro atoms. The molecule has 0 unspecified atom stereocenters. The molecule has 0 fully saturated rings. The van der Waals surface area contributed by atoms with Crippen molar-refractivity contribution in [2.24, 2.45) is 4.99 Å². The van der Waals surface area contributed by atoms with Crippen LogP contribution in [0.4, 0.5) is 0 Å². The maximum atomic E-state index is 11.7. The summed E-state index contributed by atoms with van der Waals surface area (Å²) in [5.74, 6) is 1.51. The minimum absolute atomic E-state index is 0. The lowest BCUT2D eigenvalue weighted by molar-refractivity contribution is 0.409. The fraction of sp³-hybridized carbons (Fsp3) is 0.350. The predicted octanol–water partition coefficient (Wildman–Crippen LogP) is 3.28. The first-order chi connectivity index (χ1) is 12.8. The molecular weight excluding hydrogens is 489 g/mol. The van der Waals surface area contributed by atoms with Gasteiger partial charge in [0.25, 0.3) is 0 Å². The largest absolute Gasteiger partial charge is 0.496 e. The van der Waals surface area contributed by atoms with Crippen LogP contribution < -0.4 is 15.4 Å². The van der Waals surface area contributed by atoms with E-state index in [-0.39, 0.29) is 24.0 Å². The van der Waals surface area contributed by atoms with E-state index in [0.29, 0.717) is 23.9 Å². The Hall–Kier alpha value is -1.81. The third-order valence-electron chi connectivity index (χ3n) is 4.04. The molecular formula is C20H28IN3O3S. The smallest absolute Gasteiger partial charge is 0.191 e. The number of nitrogens with zero attached hydrogens (tertiary/aromatic N) is 1. The first kappa shape index (κ1) is 24.2. The number of para-hydroxylation sites is 1. The fourth-order valence-corrected chi connectivity index (χ4v) is 3.72. The van der Waals surface area contributed by atoms with Crippen molar-refractivity contribution in [3.05, 3.63) is 59.2 Å². The van der Waals surface area contributed by atoms with E-state index in [2.05, 4.69) is 15.6 Å². The second-order valence-corrected chi connectivity index (χ2v) is 8.22. The third-order valence-corrected chi connectivity index (χ3v) is 5.30. The quantitative estimate of drug-likeness (QED) is 0.335. The van der Waals surface area contributed by atoms with E-state index in [9.17, 15) is 8.42 Å². The van der Waals surface area contributed by atoms with Crippen LogP contribution in [-0.2, 0) is 22.9 Å². The lowest BCUT2D eigenvalue weighted by Gasteiger charge is -2.13. The Morgan fingerprint density at radius 2 is 1.86 bits per heavy atom. The summed E-state index contributed by atoms with van der Waals surface area (Å²) >= 11 is 0. The number of aryl methyl sites for hydroxylation is 1. The maximum absolute atomic E-state index is 11.7. The highest BCUT2D eigenvalue weighted by Gasteiger charge is 2.11. The summed E-state index contributed by atoms with van der Waals surface area (Å²) in [5, 5.41) is 6.51. The van der Waals surface area contributed by atoms with Crippen molar-refractivity contribution >= 4 is 39.8 Å². The number of benzene rings is 2. The van der Waals surface area contributed by atoms with Crippen LogP contribution in [0.1, 0.15) is 23.6 Å². The Labute approximate surface area is 184 Å². The molecule has 0 atom stereocenters. The molecule has 0 radical (unpaired) electrons. The minimum Gasteiger partial charge on any atom is -0.496 e. The Morgan fingerprint density at radius 3 is 2.46 bits per heavy atom. The molecule has 2 N–H and O–H groups in total. The van der Waals surface area contributed by atoms with Crippen molar-refractivity contribution in [3.63, 3.8) is 0 Å². The molecule has 0 bridgehead atoms. The molecule has 6 nitrogen and oxygen atoms in total. The zero-order valence-electron chi connectivity index (χ0n) is 16.7. The fourth-order valence-electron chi connectivity index (χ4n) is 2.77. The number of nitrogens with one attached hydrogen (secondary N) is 2. The third kappa shape index (κ3) is 6.97. The van der Waals surface area contributed by atoms with Gasteiger partial charge in [-0.25, -0.2) is 13.4 Å². The molecule has 8 heteroatoms. The number of hydrogen-bond acceptors (Lipinski definition) is 4. The lowest BCUT2D eigenvalue weighted by atomic mass is 10.1. The van der Waals surface area contributed by atoms with Crippen LogP contribution in [-0.4, -0.2) is 34.3 Å². The lowest BCUT2D eigenvalue weighted by Crippen LogP contribution is -2.36. The number of rotatable bonds is 7. The zero-order valence-corrected chi connectivity index (χ0v) is 19.8. The summed E-state index contributed by atoms with van der Waals surface area (Å²) in [6, 6.07) is 13.1. The second-order valence-electron chi connectivity index (χ2n) is 6.23. The van der Waals surface area contributed by atoms with Gasteiger partial charge in [0.1, 0.15) is 5.75 Å². The van der Waals surface area contributed by atoms with Gasteiger partial charge in [-0.2, -0.15) is 0 Å². The van der Waals surface area contributed by atoms with E-state index in [1.807, 2.05) is 37.3 Å². The Balaban J connectivity index is 0.00000392. The van der Waals surface area contributed by atoms with Crippen LogP contribution in [0.25, 0.3) is 0 Å². The number of methoxy groups -OCH3 is 1. The van der Waals surface area contributed by atoms with E-state index < -0.39 is 9.84 Å². The average Bonchev–Trinajstić information content (AvgIpc) is 2.63. The summed E-state index contributed by atoms with van der Waals surface area (Å²) in [7, 11) is -1.56. The average molecular weight is 517 g/mol. The number of sulfone groups is 1. The molecule has 2 aromatic rings. The summed E-state index contributed by atoms with van der Waals surface area (Å²) in [4.78, 5) is 4.95. The molecule has 0 aliphatic rings. The van der Waals surface area contributed by atoms with E-state index in [1.54, 1.807) is 26.2 Å². The van der Waals surface area contributed by atoms with E-state index in [0.717, 1.165) is 29.0 Å². The van der Waals surface area contributed by atoms with Gasteiger partial charge in [-0.1, -0.05) is 30.3 Å². The van der Waals surface area contributed by atoms with E-state index in [4.69, 9.17) is 4.74 Å². The minimum atomic E-state index is -3.21. The van der Waals surface area contributed by atoms with Crippen molar-refractivity contribution in [3.8, 4) is 5.75 Å². The van der Waals surface area contributed by atoms with E-state index in [1.165, 1.54) is 6.26 Å². The zero-order chi connectivity index (χ0) is 19.9. The normalized spacial score (nSPS) is 11.5. The summed E-state index contributed by atoms with van der Waals surface area (Å²) < 4.78 is 28.8. The molecule has 28 heavy (non-hydrogen) atoms. The van der Waals surface area contributed by atoms with Crippen LogP contribution in [0.3, 0.4) is 0 Å². The van der Waals surface area contributed by atoms with Gasteiger partial charge in [-0.05, 0) is 37.1 Å². The van der Waals surface area contributed by atoms with Crippen LogP contribution in [0.5, 0.6) is 5.75 Å². The SMILES string of the molecule is CCNC(=NCc1ccc(S(C)(=O)=O)c(C)c1)NCc1ccccc1OC.I. The van der Waals surface area contributed by atoms with Gasteiger partial charge in [-0.3, -0.25) is 0 Å². The van der Waals surface area contributed by atoms with Crippen molar-refractivity contribution in [2.75, 3.05) is 19.9 Å². The van der Waals surface area contributed by atoms with Gasteiger partial charge in [0.15, 0.2) is 15.8 Å². The van der Waals surface area contributed by atoms with Crippen molar-refractivity contribution in [1.82, 2.24) is 10.6 Å². The van der Waals surface area contributed by atoms with Gasteiger partial charge < -0.3 is 15.4 Å². The molecule has 0 aromatic heterocycles. The molecule has 2 rings (SSSR count). The van der Waals surface area contributed by atoms with E-state index >= 15 is 0 Å². The van der Waals surface area contributed by atoms with Crippen LogP contribution in [0.2, 0.25) is 0 Å². The Kier molecular flexibility index (Phi) is 9.74. The number of guanidine groups is 1. The Bertz CT molecular complexity index is 915. The molecule has 0 aliphatic carbocycles. The molecule has 154 valence electrons. The van der Waals surface area contributed by atoms with Gasteiger partial charge in [-0.15, -0.1) is 24.0 Å². The predicted molar refractivity (Wildman–Crippen MR) is 124 cm³/mol. The molecule has 0 heterocycles. The molecule has 2 aromatic carbocycles. The molecule has 0 amide bonds. The highest BCUT2D eigenvalue weighted by molar-refractivity contribution is 14.0. The topological polar surface area (TPSA) is 79.8 Å². The monoisotopic (exact) mass is 517 g/mol. The molecule has 0 aliphatic heterocycles. The standard InChI is InChI=1S/C20H27N3O3S.HI/c1-5-21-20(23-14-17-8-6-7-9-18(17)26-3)22-13-16-10-11-19(15(2)12-16)27(4,24)25;/h6-12H,5,13-14H2,1-4H3,(H2,21,22,23);1H. The van der Waals surface area contributed by atoms with Crippen molar-refractivity contribution in [1.29, 1.82) is 0 Å². The first-order valence-electron chi connectivity index (χ1n) is 8.78. The Morgan fingerprint density at radius 1 is 1.14 bits per heavy atom. The van der Waals surface area contributed by atoms with Crippen LogP contribution in [0.15, 0.2) is 52.4 Å². The molecule has 0 saturated heterocycles. The number of aliphatic imine (C=N–C) groups is 1. The van der Waals surface area contributed by atoms with Crippen LogP contribution >= 0.6 is 24.0 Å². The maximum Gasteiger partial charge on any atom is 0.191 e. The van der Waals surface area contributed by atoms with Crippen LogP contribution in [0, 0.1) is 6.92 Å². The summed E-state index contributed by atoms with van der Waals surface area (Å²) in [6.07, 6.45) is 1.22. The summed E-state index contributed by atoms with van der Waals surface area (Å²) in [6.45, 7) is 5.58. The summed E-state index contributed by atoms with van der Waals surface area (Å²) in [5.41, 5.74) is 2.73. The van der Waals surface area contributed by atoms with Crippen molar-refractivity contribution in [2.45, 2.75) is 31.8 Å². The molecule has 0 saturated carbocycles. The number of ether oxygens (including phenoxy) is 1. The van der Waals surface area contributed by atoms with Crippen molar-refractivity contribution < 1.29 is 13.2 Å². The number of halogens is 1. The van der Waals surface area contributed by atoms with Gasteiger partial charge in [0, 0.05) is 24.9 Å². The first-order valence-corrected chi connectivity index (χ1v) is 10.7. The number of hydrogen-bond donors (Lipinski definition) is 2. The highest BCUT2D eigenvalue weighted by Crippen LogP contribution is 2.18. The second kappa shape index (κ2) is 11.3.